The molecule has 114 valence electrons. The number of hydrogen-bond acceptors (Lipinski definition) is 3. The third-order valence-corrected chi connectivity index (χ3v) is 5.70. The van der Waals surface area contributed by atoms with Gasteiger partial charge in [0.1, 0.15) is 0 Å². The van der Waals surface area contributed by atoms with Crippen molar-refractivity contribution >= 4 is 10.2 Å². The molecule has 1 unspecified atom stereocenters. The van der Waals surface area contributed by atoms with Gasteiger partial charge in [-0.25, -0.2) is 0 Å². The predicted octanol–water partition coefficient (Wildman–Crippen LogP) is 1.28. The van der Waals surface area contributed by atoms with Gasteiger partial charge < -0.3 is 5.32 Å². The highest BCUT2D eigenvalue weighted by atomic mass is 32.2. The molecule has 1 atom stereocenters. The van der Waals surface area contributed by atoms with Crippen LogP contribution in [0.2, 0.25) is 0 Å². The molecule has 1 aliphatic rings. The average Bonchev–Trinajstić information content (AvgIpc) is 2.84. The second kappa shape index (κ2) is 8.19. The minimum absolute atomic E-state index is 0.551. The van der Waals surface area contributed by atoms with Crippen LogP contribution in [0.1, 0.15) is 39.5 Å². The van der Waals surface area contributed by atoms with E-state index in [1.807, 2.05) is 0 Å². The number of rotatable bonds is 9. The first kappa shape index (κ1) is 16.9. The van der Waals surface area contributed by atoms with E-state index in [2.05, 4.69) is 19.2 Å². The summed E-state index contributed by atoms with van der Waals surface area (Å²) in [6, 6.07) is 0. The van der Waals surface area contributed by atoms with Crippen molar-refractivity contribution in [3.63, 3.8) is 0 Å². The predicted molar refractivity (Wildman–Crippen MR) is 79.3 cm³/mol. The SMILES string of the molecule is CCCC1CCN(S(=O)(=O)N(C)CCCNCC)C1. The van der Waals surface area contributed by atoms with Gasteiger partial charge in [-0.2, -0.15) is 17.0 Å². The summed E-state index contributed by atoms with van der Waals surface area (Å²) in [5.41, 5.74) is 0. The molecule has 6 heteroatoms. The maximum atomic E-state index is 12.4. The van der Waals surface area contributed by atoms with Crippen molar-refractivity contribution in [1.82, 2.24) is 13.9 Å². The Morgan fingerprint density at radius 3 is 2.74 bits per heavy atom. The molecule has 1 rings (SSSR count). The van der Waals surface area contributed by atoms with Crippen LogP contribution in [-0.4, -0.2) is 56.8 Å². The van der Waals surface area contributed by atoms with Gasteiger partial charge in [-0.05, 0) is 38.3 Å². The molecule has 0 aromatic carbocycles. The molecule has 0 saturated carbocycles. The molecule has 0 bridgehead atoms. The third kappa shape index (κ3) is 5.02. The van der Waals surface area contributed by atoms with Crippen molar-refractivity contribution in [3.8, 4) is 0 Å². The highest BCUT2D eigenvalue weighted by Gasteiger charge is 2.33. The lowest BCUT2D eigenvalue weighted by molar-refractivity contribution is 0.379. The van der Waals surface area contributed by atoms with Gasteiger partial charge in [0, 0.05) is 26.7 Å². The van der Waals surface area contributed by atoms with E-state index in [0.29, 0.717) is 25.6 Å². The topological polar surface area (TPSA) is 52.7 Å². The Morgan fingerprint density at radius 1 is 1.37 bits per heavy atom. The van der Waals surface area contributed by atoms with E-state index < -0.39 is 10.2 Å². The molecule has 1 aliphatic heterocycles. The van der Waals surface area contributed by atoms with E-state index >= 15 is 0 Å². The second-order valence-electron chi connectivity index (χ2n) is 5.34. The fourth-order valence-electron chi connectivity index (χ4n) is 2.57. The Labute approximate surface area is 118 Å². The minimum Gasteiger partial charge on any atom is -0.317 e. The summed E-state index contributed by atoms with van der Waals surface area (Å²) in [6.07, 6.45) is 4.14. The van der Waals surface area contributed by atoms with Gasteiger partial charge in [0.2, 0.25) is 0 Å². The maximum absolute atomic E-state index is 12.4. The van der Waals surface area contributed by atoms with Crippen molar-refractivity contribution in [2.24, 2.45) is 5.92 Å². The van der Waals surface area contributed by atoms with Crippen LogP contribution >= 0.6 is 0 Å². The molecule has 0 aliphatic carbocycles. The monoisotopic (exact) mass is 291 g/mol. The Kier molecular flexibility index (Phi) is 7.28. The normalized spacial score (nSPS) is 21.4. The van der Waals surface area contributed by atoms with Crippen LogP contribution in [0.4, 0.5) is 0 Å². The van der Waals surface area contributed by atoms with Gasteiger partial charge in [0.25, 0.3) is 10.2 Å². The molecule has 0 aromatic rings. The molecule has 0 spiro atoms. The molecule has 19 heavy (non-hydrogen) atoms. The third-order valence-electron chi connectivity index (χ3n) is 3.74. The zero-order valence-electron chi connectivity index (χ0n) is 12.6. The second-order valence-corrected chi connectivity index (χ2v) is 7.37. The zero-order chi connectivity index (χ0) is 14.3. The van der Waals surface area contributed by atoms with Gasteiger partial charge in [0.05, 0.1) is 0 Å². The summed E-state index contributed by atoms with van der Waals surface area (Å²) in [5.74, 6) is 0.551. The lowest BCUT2D eigenvalue weighted by Gasteiger charge is -2.24. The zero-order valence-corrected chi connectivity index (χ0v) is 13.4. The van der Waals surface area contributed by atoms with E-state index in [-0.39, 0.29) is 0 Å². The lowest BCUT2D eigenvalue weighted by Crippen LogP contribution is -2.41. The van der Waals surface area contributed by atoms with Gasteiger partial charge in [0.15, 0.2) is 0 Å². The van der Waals surface area contributed by atoms with E-state index in [9.17, 15) is 8.42 Å². The number of nitrogens with one attached hydrogen (secondary N) is 1. The van der Waals surface area contributed by atoms with E-state index in [1.165, 1.54) is 4.31 Å². The Bertz CT molecular complexity index is 346. The fourth-order valence-corrected chi connectivity index (χ4v) is 4.06. The van der Waals surface area contributed by atoms with Crippen molar-refractivity contribution < 1.29 is 8.42 Å². The quantitative estimate of drug-likeness (QED) is 0.651. The molecule has 0 aromatic heterocycles. The minimum atomic E-state index is -3.24. The van der Waals surface area contributed by atoms with Gasteiger partial charge in [-0.1, -0.05) is 20.3 Å². The van der Waals surface area contributed by atoms with Crippen LogP contribution in [0, 0.1) is 5.92 Å². The average molecular weight is 291 g/mol. The highest BCUT2D eigenvalue weighted by molar-refractivity contribution is 7.86. The van der Waals surface area contributed by atoms with E-state index in [4.69, 9.17) is 0 Å². The van der Waals surface area contributed by atoms with Crippen molar-refractivity contribution in [2.75, 3.05) is 39.8 Å². The van der Waals surface area contributed by atoms with Crippen molar-refractivity contribution in [1.29, 1.82) is 0 Å². The summed E-state index contributed by atoms with van der Waals surface area (Å²) < 4.78 is 27.9. The maximum Gasteiger partial charge on any atom is 0.281 e. The standard InChI is InChI=1S/C13H29N3O2S/c1-4-7-13-8-11-16(12-13)19(17,18)15(3)10-6-9-14-5-2/h13-14H,4-12H2,1-3H3. The first-order chi connectivity index (χ1) is 9.02. The number of hydrogen-bond donors (Lipinski definition) is 1. The number of nitrogens with zero attached hydrogens (tertiary/aromatic N) is 2. The van der Waals surface area contributed by atoms with Crippen molar-refractivity contribution in [2.45, 2.75) is 39.5 Å². The van der Waals surface area contributed by atoms with Gasteiger partial charge in [-0.3, -0.25) is 0 Å². The van der Waals surface area contributed by atoms with Crippen LogP contribution in [0.25, 0.3) is 0 Å². The van der Waals surface area contributed by atoms with Gasteiger partial charge >= 0.3 is 0 Å². The first-order valence-electron chi connectivity index (χ1n) is 7.44. The Hall–Kier alpha value is -0.170. The lowest BCUT2D eigenvalue weighted by atomic mass is 10.0. The largest absolute Gasteiger partial charge is 0.317 e. The molecular weight excluding hydrogens is 262 g/mol. The van der Waals surface area contributed by atoms with Crippen LogP contribution in [0.3, 0.4) is 0 Å². The summed E-state index contributed by atoms with van der Waals surface area (Å²) in [6.45, 7) is 7.99. The summed E-state index contributed by atoms with van der Waals surface area (Å²) in [4.78, 5) is 0. The summed E-state index contributed by atoms with van der Waals surface area (Å²) >= 11 is 0. The highest BCUT2D eigenvalue weighted by Crippen LogP contribution is 2.24. The molecule has 5 nitrogen and oxygen atoms in total. The van der Waals surface area contributed by atoms with Gasteiger partial charge in [-0.15, -0.1) is 0 Å². The Morgan fingerprint density at radius 2 is 2.11 bits per heavy atom. The Balaban J connectivity index is 2.42. The molecular formula is C13H29N3O2S. The van der Waals surface area contributed by atoms with Crippen LogP contribution in [0.5, 0.6) is 0 Å². The van der Waals surface area contributed by atoms with Crippen LogP contribution in [-0.2, 0) is 10.2 Å². The first-order valence-corrected chi connectivity index (χ1v) is 8.84. The molecule has 1 heterocycles. The van der Waals surface area contributed by atoms with E-state index in [1.54, 1.807) is 11.4 Å². The van der Waals surface area contributed by atoms with Crippen LogP contribution < -0.4 is 5.32 Å². The summed E-state index contributed by atoms with van der Waals surface area (Å²) in [5, 5.41) is 3.21. The van der Waals surface area contributed by atoms with E-state index in [0.717, 1.165) is 38.8 Å². The van der Waals surface area contributed by atoms with Crippen molar-refractivity contribution in [3.05, 3.63) is 0 Å². The van der Waals surface area contributed by atoms with Crippen LogP contribution in [0.15, 0.2) is 0 Å². The molecule has 0 radical (unpaired) electrons. The molecule has 0 amide bonds. The summed E-state index contributed by atoms with van der Waals surface area (Å²) in [7, 11) is -1.55. The fraction of sp³-hybridized carbons (Fsp3) is 1.00. The smallest absolute Gasteiger partial charge is 0.281 e. The molecule has 1 N–H and O–H groups in total. The molecule has 1 saturated heterocycles. The molecule has 1 fully saturated rings.